The second-order valence-electron chi connectivity index (χ2n) is 9.90. The minimum atomic E-state index is -0.488. The van der Waals surface area contributed by atoms with Crippen molar-refractivity contribution in [1.82, 2.24) is 0 Å². The first kappa shape index (κ1) is 19.5. The first-order valence-electron chi connectivity index (χ1n) is 11.0. The van der Waals surface area contributed by atoms with Crippen molar-refractivity contribution in [3.63, 3.8) is 0 Å². The predicted molar refractivity (Wildman–Crippen MR) is 111 cm³/mol. The molecule has 4 aliphatic carbocycles. The van der Waals surface area contributed by atoms with Crippen LogP contribution < -0.4 is 0 Å². The van der Waals surface area contributed by atoms with Crippen molar-refractivity contribution in [3.8, 4) is 0 Å². The number of allylic oxidation sites excluding steroid dienone is 5. The van der Waals surface area contributed by atoms with Gasteiger partial charge in [-0.1, -0.05) is 26.0 Å². The maximum Gasteiger partial charge on any atom is 0.258 e. The molecule has 0 amide bonds. The van der Waals surface area contributed by atoms with E-state index in [1.54, 1.807) is 14.2 Å². The summed E-state index contributed by atoms with van der Waals surface area (Å²) >= 11 is 0. The first-order valence-corrected chi connectivity index (χ1v) is 11.0. The van der Waals surface area contributed by atoms with Gasteiger partial charge in [-0.3, -0.25) is 0 Å². The van der Waals surface area contributed by atoms with Crippen molar-refractivity contribution in [2.75, 3.05) is 20.8 Å². The molecule has 1 saturated carbocycles. The molecule has 1 N–H and O–H groups in total. The molecule has 1 fully saturated rings. The van der Waals surface area contributed by atoms with E-state index in [1.807, 2.05) is 0 Å². The predicted octanol–water partition coefficient (Wildman–Crippen LogP) is 4.00. The topological polar surface area (TPSA) is 60.3 Å². The van der Waals surface area contributed by atoms with Gasteiger partial charge < -0.3 is 19.3 Å². The fourth-order valence-electron chi connectivity index (χ4n) is 7.23. The van der Waals surface area contributed by atoms with Crippen molar-refractivity contribution in [1.29, 1.82) is 0 Å². The molecule has 5 heteroatoms. The lowest BCUT2D eigenvalue weighted by Gasteiger charge is -2.58. The monoisotopic (exact) mass is 399 g/mol. The molecular weight excluding hydrogens is 366 g/mol. The lowest BCUT2D eigenvalue weighted by molar-refractivity contribution is -0.100. The normalized spacial score (nSPS) is 46.0. The molecule has 5 nitrogen and oxygen atoms in total. The Morgan fingerprint density at radius 1 is 1.17 bits per heavy atom. The molecule has 0 aromatic rings. The Kier molecular flexibility index (Phi) is 4.57. The molecule has 29 heavy (non-hydrogen) atoms. The minimum absolute atomic E-state index is 0.0313. The summed E-state index contributed by atoms with van der Waals surface area (Å²) in [6.45, 7) is 5.21. The quantitative estimate of drug-likeness (QED) is 0.779. The Morgan fingerprint density at radius 3 is 2.72 bits per heavy atom. The summed E-state index contributed by atoms with van der Waals surface area (Å²) in [6, 6.07) is 0. The Hall–Kier alpha value is -1.43. The highest BCUT2D eigenvalue weighted by Gasteiger charge is 2.60. The number of aliphatic imine (C=N–C) groups is 1. The number of fused-ring (bicyclic) bond motifs is 5. The van der Waals surface area contributed by atoms with Crippen molar-refractivity contribution in [3.05, 3.63) is 35.1 Å². The molecule has 0 aromatic carbocycles. The van der Waals surface area contributed by atoms with E-state index >= 15 is 0 Å². The van der Waals surface area contributed by atoms with Gasteiger partial charge in [0.05, 0.1) is 31.3 Å². The molecule has 0 aromatic heterocycles. The van der Waals surface area contributed by atoms with E-state index in [2.05, 4.69) is 37.1 Å². The van der Waals surface area contributed by atoms with E-state index in [0.29, 0.717) is 24.4 Å². The van der Waals surface area contributed by atoms with Crippen LogP contribution in [0, 0.1) is 28.6 Å². The van der Waals surface area contributed by atoms with Crippen LogP contribution in [0.5, 0.6) is 0 Å². The average molecular weight is 400 g/mol. The molecule has 0 radical (unpaired) electrons. The standard InChI is InChI=1S/C24H33NO4/c1-23-10-9-15(27-3)11-14(23)5-6-16-17-7-8-18(19-13-29-22(25-19)28-4)24(17,2)12-20(26)21(16)23/h5,8,11,16-17,20-22,26H,6-7,9-10,12-13H2,1-4H3/t16-,17-,20-,21+,22?,23-,24-/m0/s1. The van der Waals surface area contributed by atoms with Crippen LogP contribution in [0.15, 0.2) is 40.1 Å². The van der Waals surface area contributed by atoms with E-state index < -0.39 is 6.41 Å². The molecule has 5 rings (SSSR count). The number of hydrogen-bond donors (Lipinski definition) is 1. The lowest BCUT2D eigenvalue weighted by Crippen LogP contribution is -2.55. The summed E-state index contributed by atoms with van der Waals surface area (Å²) in [5.74, 6) is 2.40. The fraction of sp³-hybridized carbons (Fsp3) is 0.708. The Morgan fingerprint density at radius 2 is 2.00 bits per heavy atom. The summed E-state index contributed by atoms with van der Waals surface area (Å²) in [6.07, 6.45) is 11.1. The van der Waals surface area contributed by atoms with Crippen LogP contribution >= 0.6 is 0 Å². The molecule has 5 aliphatic rings. The van der Waals surface area contributed by atoms with E-state index in [0.717, 1.165) is 43.6 Å². The molecule has 0 spiro atoms. The van der Waals surface area contributed by atoms with Crippen LogP contribution in [-0.2, 0) is 14.2 Å². The molecule has 1 heterocycles. The van der Waals surface area contributed by atoms with E-state index in [9.17, 15) is 5.11 Å². The van der Waals surface area contributed by atoms with Crippen molar-refractivity contribution < 1.29 is 19.3 Å². The summed E-state index contributed by atoms with van der Waals surface area (Å²) in [7, 11) is 3.39. The molecule has 7 atom stereocenters. The van der Waals surface area contributed by atoms with Crippen LogP contribution in [0.2, 0.25) is 0 Å². The van der Waals surface area contributed by atoms with Crippen LogP contribution in [0.25, 0.3) is 0 Å². The van der Waals surface area contributed by atoms with Crippen LogP contribution in [-0.4, -0.2) is 44.2 Å². The zero-order valence-electron chi connectivity index (χ0n) is 18.0. The second kappa shape index (κ2) is 6.79. The van der Waals surface area contributed by atoms with Crippen LogP contribution in [0.4, 0.5) is 0 Å². The van der Waals surface area contributed by atoms with Gasteiger partial charge in [-0.05, 0) is 71.5 Å². The molecule has 158 valence electrons. The highest BCUT2D eigenvalue weighted by molar-refractivity contribution is 6.03. The first-order chi connectivity index (χ1) is 13.9. The number of aliphatic hydroxyl groups is 1. The van der Waals surface area contributed by atoms with Crippen LogP contribution in [0.1, 0.15) is 46.0 Å². The molecular formula is C24H33NO4. The zero-order chi connectivity index (χ0) is 20.4. The smallest absolute Gasteiger partial charge is 0.258 e. The third-order valence-electron chi connectivity index (χ3n) is 8.65. The average Bonchev–Trinajstić information content (AvgIpc) is 3.30. The van der Waals surface area contributed by atoms with Gasteiger partial charge in [0, 0.05) is 13.5 Å². The largest absolute Gasteiger partial charge is 0.501 e. The van der Waals surface area contributed by atoms with Crippen molar-refractivity contribution >= 4 is 5.71 Å². The maximum absolute atomic E-state index is 11.5. The van der Waals surface area contributed by atoms with E-state index in [-0.39, 0.29) is 16.9 Å². The van der Waals surface area contributed by atoms with E-state index in [4.69, 9.17) is 14.2 Å². The lowest BCUT2D eigenvalue weighted by atomic mass is 9.47. The molecule has 1 unspecified atom stereocenters. The Balaban J connectivity index is 1.48. The SMILES string of the molecule is COC1=CC2=CC[C@@H]3[C@H]([C@@H](O)C[C@]4(C)C(C5=NC(OC)OC5)=CC[C@@H]34)[C@@]2(C)CC1. The molecule has 1 aliphatic heterocycles. The third-order valence-corrected chi connectivity index (χ3v) is 8.65. The number of ether oxygens (including phenoxy) is 3. The highest BCUT2D eigenvalue weighted by atomic mass is 16.7. The van der Waals surface area contributed by atoms with Gasteiger partial charge in [0.15, 0.2) is 0 Å². The number of nitrogens with zero attached hydrogens (tertiary/aromatic N) is 1. The van der Waals surface area contributed by atoms with Gasteiger partial charge in [0.2, 0.25) is 0 Å². The summed E-state index contributed by atoms with van der Waals surface area (Å²) < 4.78 is 16.4. The maximum atomic E-state index is 11.5. The van der Waals surface area contributed by atoms with Gasteiger partial charge in [-0.2, -0.15) is 0 Å². The highest BCUT2D eigenvalue weighted by Crippen LogP contribution is 2.64. The van der Waals surface area contributed by atoms with Crippen molar-refractivity contribution in [2.24, 2.45) is 33.6 Å². The zero-order valence-corrected chi connectivity index (χ0v) is 18.0. The Bertz CT molecular complexity index is 827. The van der Waals surface area contributed by atoms with Gasteiger partial charge >= 0.3 is 0 Å². The van der Waals surface area contributed by atoms with Gasteiger partial charge in [-0.15, -0.1) is 0 Å². The fourth-order valence-corrected chi connectivity index (χ4v) is 7.23. The van der Waals surface area contributed by atoms with Crippen LogP contribution in [0.3, 0.4) is 0 Å². The number of hydrogen-bond acceptors (Lipinski definition) is 5. The number of methoxy groups -OCH3 is 2. The number of aliphatic hydroxyl groups excluding tert-OH is 1. The number of rotatable bonds is 3. The van der Waals surface area contributed by atoms with Gasteiger partial charge in [0.1, 0.15) is 0 Å². The summed E-state index contributed by atoms with van der Waals surface area (Å²) in [5, 5.41) is 11.5. The Labute approximate surface area is 173 Å². The summed E-state index contributed by atoms with van der Waals surface area (Å²) in [4.78, 5) is 4.64. The minimum Gasteiger partial charge on any atom is -0.501 e. The second-order valence-corrected chi connectivity index (χ2v) is 9.90. The molecule has 0 bridgehead atoms. The third kappa shape index (κ3) is 2.74. The van der Waals surface area contributed by atoms with Gasteiger partial charge in [0.25, 0.3) is 6.41 Å². The summed E-state index contributed by atoms with van der Waals surface area (Å²) in [5.41, 5.74) is 3.65. The van der Waals surface area contributed by atoms with Crippen molar-refractivity contribution in [2.45, 2.75) is 58.5 Å². The van der Waals surface area contributed by atoms with E-state index in [1.165, 1.54) is 11.1 Å². The molecule has 0 saturated heterocycles. The van der Waals surface area contributed by atoms with Gasteiger partial charge in [-0.25, -0.2) is 4.99 Å².